The van der Waals surface area contributed by atoms with E-state index in [1.54, 1.807) is 12.3 Å². The molecule has 0 aliphatic heterocycles. The summed E-state index contributed by atoms with van der Waals surface area (Å²) in [6.45, 7) is 4.34. The van der Waals surface area contributed by atoms with Gasteiger partial charge in [-0.3, -0.25) is 9.88 Å². The second-order valence-electron chi connectivity index (χ2n) is 9.21. The number of ether oxygens (including phenoxy) is 1. The molecule has 3 aliphatic carbocycles. The van der Waals surface area contributed by atoms with Gasteiger partial charge in [0.1, 0.15) is 5.82 Å². The van der Waals surface area contributed by atoms with Crippen molar-refractivity contribution < 1.29 is 9.53 Å². The molecule has 1 aromatic rings. The fourth-order valence-corrected chi connectivity index (χ4v) is 6.26. The summed E-state index contributed by atoms with van der Waals surface area (Å²) in [5, 5.41) is 2.63. The molecule has 1 amide bonds. The topological polar surface area (TPSA) is 73.2 Å². The molecule has 28 heavy (non-hydrogen) atoms. The van der Waals surface area contributed by atoms with Gasteiger partial charge in [0.2, 0.25) is 0 Å². The Morgan fingerprint density at radius 2 is 1.68 bits per heavy atom. The highest BCUT2D eigenvalue weighted by Crippen LogP contribution is 2.57. The van der Waals surface area contributed by atoms with Crippen LogP contribution in [0.25, 0.3) is 0 Å². The van der Waals surface area contributed by atoms with Gasteiger partial charge in [-0.25, -0.2) is 9.59 Å². The second-order valence-corrected chi connectivity index (χ2v) is 9.21. The summed E-state index contributed by atoms with van der Waals surface area (Å²) in [7, 11) is 0. The average molecular weight is 388 g/mol. The highest BCUT2D eigenvalue weighted by Gasteiger charge is 2.51. The van der Waals surface area contributed by atoms with E-state index in [2.05, 4.69) is 10.3 Å². The van der Waals surface area contributed by atoms with Crippen LogP contribution in [0.4, 0.5) is 10.6 Å². The average Bonchev–Trinajstić information content (AvgIpc) is 3.00. The van der Waals surface area contributed by atoms with Crippen molar-refractivity contribution in [1.82, 2.24) is 9.55 Å². The van der Waals surface area contributed by atoms with Gasteiger partial charge in [-0.15, -0.1) is 0 Å². The molecule has 0 spiro atoms. The van der Waals surface area contributed by atoms with Crippen LogP contribution in [-0.2, 0) is 4.74 Å². The van der Waals surface area contributed by atoms with Crippen molar-refractivity contribution in [2.45, 2.75) is 71.3 Å². The summed E-state index contributed by atoms with van der Waals surface area (Å²) in [5.74, 6) is 3.90. The van der Waals surface area contributed by atoms with Crippen LogP contribution in [-0.4, -0.2) is 22.3 Å². The third-order valence-electron chi connectivity index (χ3n) is 7.42. The Balaban J connectivity index is 1.37. The minimum Gasteiger partial charge on any atom is -0.449 e. The maximum atomic E-state index is 12.3. The summed E-state index contributed by atoms with van der Waals surface area (Å²) in [5.41, 5.74) is -0.362. The number of nitrogens with one attached hydrogen (secondary N) is 1. The molecule has 3 saturated carbocycles. The van der Waals surface area contributed by atoms with Crippen molar-refractivity contribution in [1.29, 1.82) is 0 Å². The predicted molar refractivity (Wildman–Crippen MR) is 108 cm³/mol. The van der Waals surface area contributed by atoms with E-state index < -0.39 is 6.09 Å². The number of fused-ring (bicyclic) bond motifs is 3. The maximum Gasteiger partial charge on any atom is 0.412 e. The Kier molecular flexibility index (Phi) is 5.74. The first-order valence-corrected chi connectivity index (χ1v) is 11.1. The Bertz CT molecular complexity index is 738. The van der Waals surface area contributed by atoms with Crippen LogP contribution in [0.5, 0.6) is 0 Å². The largest absolute Gasteiger partial charge is 0.449 e. The van der Waals surface area contributed by atoms with Crippen LogP contribution in [0.1, 0.15) is 71.3 Å². The van der Waals surface area contributed by atoms with Gasteiger partial charge in [-0.2, -0.15) is 4.98 Å². The van der Waals surface area contributed by atoms with E-state index in [0.29, 0.717) is 12.5 Å². The van der Waals surface area contributed by atoms with Crippen molar-refractivity contribution in [3.63, 3.8) is 0 Å². The molecule has 1 aromatic heterocycles. The first kappa shape index (κ1) is 19.5. The minimum absolute atomic E-state index is 0.0373. The Labute approximate surface area is 167 Å². The van der Waals surface area contributed by atoms with Crippen LogP contribution in [0.2, 0.25) is 0 Å². The van der Waals surface area contributed by atoms with Gasteiger partial charge in [0.25, 0.3) is 0 Å². The molecule has 1 N–H and O–H groups in total. The fourth-order valence-electron chi connectivity index (χ4n) is 6.26. The molecular weight excluding hydrogens is 354 g/mol. The Morgan fingerprint density at radius 3 is 2.21 bits per heavy atom. The maximum absolute atomic E-state index is 12.3. The van der Waals surface area contributed by atoms with E-state index in [0.717, 1.165) is 23.7 Å². The zero-order chi connectivity index (χ0) is 19.7. The first-order valence-electron chi connectivity index (χ1n) is 11.1. The monoisotopic (exact) mass is 387 g/mol. The smallest absolute Gasteiger partial charge is 0.412 e. The molecule has 4 rings (SSSR count). The zero-order valence-electron chi connectivity index (χ0n) is 17.1. The molecule has 4 atom stereocenters. The molecule has 0 aromatic carbocycles. The molecule has 0 bridgehead atoms. The van der Waals surface area contributed by atoms with Crippen LogP contribution in [0.15, 0.2) is 17.1 Å². The normalized spacial score (nSPS) is 31.9. The van der Waals surface area contributed by atoms with Crippen LogP contribution >= 0.6 is 0 Å². The number of hydrogen-bond acceptors (Lipinski definition) is 4. The van der Waals surface area contributed by atoms with Crippen molar-refractivity contribution in [2.24, 2.45) is 29.6 Å². The van der Waals surface area contributed by atoms with Gasteiger partial charge >= 0.3 is 11.8 Å². The highest BCUT2D eigenvalue weighted by atomic mass is 16.5. The number of carbonyl (C=O) groups is 1. The van der Waals surface area contributed by atoms with Gasteiger partial charge < -0.3 is 4.74 Å². The quantitative estimate of drug-likeness (QED) is 0.818. The van der Waals surface area contributed by atoms with Crippen LogP contribution in [0, 0.1) is 29.6 Å². The molecule has 6 nitrogen and oxygen atoms in total. The number of anilines is 1. The standard InChI is InChI=1S/C22H33N3O3/c1-14(2)25-12-11-20(23-21(25)26)24-22(27)28-13-19-17-9-5-3-7-15(17)16-8-4-6-10-18(16)19/h11-12,14-19H,3-10,13H2,1-2H3,(H,23,24,26,27). The number of amides is 1. The van der Waals surface area contributed by atoms with E-state index in [9.17, 15) is 9.59 Å². The van der Waals surface area contributed by atoms with Crippen molar-refractivity contribution in [3.05, 3.63) is 22.7 Å². The number of hydrogen-bond donors (Lipinski definition) is 1. The van der Waals surface area contributed by atoms with Gasteiger partial charge in [-0.1, -0.05) is 25.7 Å². The highest BCUT2D eigenvalue weighted by molar-refractivity contribution is 5.83. The summed E-state index contributed by atoms with van der Waals surface area (Å²) < 4.78 is 7.18. The first-order chi connectivity index (χ1) is 13.5. The van der Waals surface area contributed by atoms with E-state index in [1.165, 1.54) is 55.9 Å². The zero-order valence-corrected chi connectivity index (χ0v) is 17.1. The Hall–Kier alpha value is -1.85. The Morgan fingerprint density at radius 1 is 1.11 bits per heavy atom. The lowest BCUT2D eigenvalue weighted by molar-refractivity contribution is 0.0958. The molecule has 6 heteroatoms. The molecule has 0 saturated heterocycles. The van der Waals surface area contributed by atoms with Crippen LogP contribution in [0.3, 0.4) is 0 Å². The molecule has 3 fully saturated rings. The lowest BCUT2D eigenvalue weighted by Gasteiger charge is -2.32. The van der Waals surface area contributed by atoms with Gasteiger partial charge in [-0.05, 0) is 75.2 Å². The number of carbonyl (C=O) groups excluding carboxylic acids is 1. The molecular formula is C22H33N3O3. The summed E-state index contributed by atoms with van der Waals surface area (Å²) in [6.07, 6.45) is 11.9. The molecule has 0 radical (unpaired) electrons. The van der Waals surface area contributed by atoms with E-state index >= 15 is 0 Å². The van der Waals surface area contributed by atoms with Gasteiger partial charge in [0.15, 0.2) is 0 Å². The summed E-state index contributed by atoms with van der Waals surface area (Å²) in [6, 6.07) is 1.68. The van der Waals surface area contributed by atoms with E-state index in [-0.39, 0.29) is 17.5 Å². The van der Waals surface area contributed by atoms with Crippen LogP contribution < -0.4 is 11.0 Å². The summed E-state index contributed by atoms with van der Waals surface area (Å²) >= 11 is 0. The van der Waals surface area contributed by atoms with E-state index in [4.69, 9.17) is 4.74 Å². The third-order valence-corrected chi connectivity index (χ3v) is 7.42. The third kappa shape index (κ3) is 3.83. The van der Waals surface area contributed by atoms with E-state index in [1.807, 2.05) is 13.8 Å². The van der Waals surface area contributed by atoms with Crippen molar-refractivity contribution in [3.8, 4) is 0 Å². The molecule has 4 unspecified atom stereocenters. The molecule has 154 valence electrons. The van der Waals surface area contributed by atoms with Crippen molar-refractivity contribution in [2.75, 3.05) is 11.9 Å². The molecule has 1 heterocycles. The second kappa shape index (κ2) is 8.26. The minimum atomic E-state index is -0.499. The fraction of sp³-hybridized carbons (Fsp3) is 0.773. The number of rotatable bonds is 4. The summed E-state index contributed by atoms with van der Waals surface area (Å²) in [4.78, 5) is 28.3. The SMILES string of the molecule is CC(C)n1ccc(NC(=O)OCC2C3CCCCC3C3CCCCC32)nc1=O. The number of nitrogens with zero attached hydrogens (tertiary/aromatic N) is 2. The lowest BCUT2D eigenvalue weighted by Crippen LogP contribution is -2.29. The van der Waals surface area contributed by atoms with Gasteiger partial charge in [0, 0.05) is 12.2 Å². The predicted octanol–water partition coefficient (Wildman–Crippen LogP) is 4.62. The lowest BCUT2D eigenvalue weighted by atomic mass is 9.73. The molecule has 3 aliphatic rings. The number of aromatic nitrogens is 2. The van der Waals surface area contributed by atoms with Crippen molar-refractivity contribution >= 4 is 11.9 Å². The van der Waals surface area contributed by atoms with Gasteiger partial charge in [0.05, 0.1) is 6.61 Å².